The number of aromatic nitrogens is 1. The van der Waals surface area contributed by atoms with Gasteiger partial charge in [0, 0.05) is 22.3 Å². The number of nitrogens with zero attached hydrogens (tertiary/aromatic N) is 2. The van der Waals surface area contributed by atoms with Gasteiger partial charge in [0.15, 0.2) is 0 Å². The van der Waals surface area contributed by atoms with Crippen molar-refractivity contribution in [1.82, 2.24) is 15.2 Å². The van der Waals surface area contributed by atoms with Crippen LogP contribution in [-0.4, -0.2) is 54.4 Å². The quantitative estimate of drug-likeness (QED) is 0.218. The third-order valence-electron chi connectivity index (χ3n) is 4.69. The number of nitrogens with one attached hydrogen (secondary N) is 1. The summed E-state index contributed by atoms with van der Waals surface area (Å²) in [7, 11) is 0. The van der Waals surface area contributed by atoms with Crippen molar-refractivity contribution in [1.29, 1.82) is 0 Å². The summed E-state index contributed by atoms with van der Waals surface area (Å²) >= 11 is 8.77. The second kappa shape index (κ2) is 10.8. The van der Waals surface area contributed by atoms with Gasteiger partial charge < -0.3 is 20.3 Å². The van der Waals surface area contributed by atoms with Crippen molar-refractivity contribution in [3.8, 4) is 0 Å². The summed E-state index contributed by atoms with van der Waals surface area (Å²) in [6.45, 7) is 0. The first-order chi connectivity index (χ1) is 15.3. The fraction of sp³-hybridized carbons (Fsp3) is 0.263. The van der Waals surface area contributed by atoms with Crippen LogP contribution in [0, 0.1) is 0 Å². The molecule has 2 N–H and O–H groups in total. The molecule has 2 aromatic heterocycles. The van der Waals surface area contributed by atoms with E-state index in [1.54, 1.807) is 5.38 Å². The number of thiophene rings is 1. The molecule has 9 nitrogen and oxygen atoms in total. The van der Waals surface area contributed by atoms with Crippen molar-refractivity contribution >= 4 is 80.8 Å². The number of aliphatic carboxylic acids is 2. The van der Waals surface area contributed by atoms with Crippen LogP contribution in [-0.2, 0) is 32.0 Å². The number of β-lactam (4-membered cyclic amide) rings is 1. The van der Waals surface area contributed by atoms with Gasteiger partial charge in [0.2, 0.25) is 5.91 Å². The Balaban J connectivity index is 0.00000306. The number of thioether (sulfide) groups is 1. The van der Waals surface area contributed by atoms with Crippen LogP contribution in [0.15, 0.2) is 28.6 Å². The molecule has 1 fully saturated rings. The average molecular weight is 532 g/mol. The molecule has 2 aliphatic rings. The van der Waals surface area contributed by atoms with Gasteiger partial charge in [-0.3, -0.25) is 19.3 Å². The molecule has 0 bridgehead atoms. The molecule has 4 heterocycles. The Labute approximate surface area is 227 Å². The maximum absolute atomic E-state index is 12.7. The Kier molecular flexibility index (Phi) is 8.48. The van der Waals surface area contributed by atoms with Crippen LogP contribution >= 0.6 is 46.7 Å². The van der Waals surface area contributed by atoms with Crippen LogP contribution < -0.4 is 40.0 Å². The van der Waals surface area contributed by atoms with Gasteiger partial charge in [-0.25, -0.2) is 4.98 Å². The van der Waals surface area contributed by atoms with E-state index in [0.717, 1.165) is 32.9 Å². The number of rotatable bonds is 8. The maximum Gasteiger partial charge on any atom is 1.00 e. The molecule has 2 amide bonds. The van der Waals surface area contributed by atoms with Gasteiger partial charge >= 0.3 is 35.5 Å². The largest absolute Gasteiger partial charge is 1.00 e. The number of amides is 2. The first-order valence-corrected chi connectivity index (χ1v) is 12.3. The fourth-order valence-corrected chi connectivity index (χ4v) is 6.69. The van der Waals surface area contributed by atoms with Crippen molar-refractivity contribution < 1.29 is 58.9 Å². The molecule has 33 heavy (non-hydrogen) atoms. The van der Waals surface area contributed by atoms with E-state index < -0.39 is 28.6 Å². The minimum absolute atomic E-state index is 0. The summed E-state index contributed by atoms with van der Waals surface area (Å²) in [5.74, 6) is -3.49. The Morgan fingerprint density at radius 3 is 2.70 bits per heavy atom. The fourth-order valence-electron chi connectivity index (χ4n) is 3.25. The number of thiazole rings is 1. The van der Waals surface area contributed by atoms with Gasteiger partial charge in [0.25, 0.3) is 5.91 Å². The van der Waals surface area contributed by atoms with Gasteiger partial charge in [-0.05, 0) is 11.4 Å². The normalized spacial score (nSPS) is 19.5. The minimum atomic E-state index is -1.58. The molecule has 0 saturated carbocycles. The molecule has 1 saturated heterocycles. The second-order valence-electron chi connectivity index (χ2n) is 6.82. The van der Waals surface area contributed by atoms with E-state index in [1.807, 2.05) is 17.5 Å². The predicted octanol–water partition coefficient (Wildman–Crippen LogP) is -2.34. The van der Waals surface area contributed by atoms with E-state index in [1.165, 1.54) is 11.3 Å². The standard InChI is InChI=1S/C19H15N3O6S4.Na/c23-10(6-9-2-1-5-30-9)21-16-12(15-20-8(7-31-15)3-4-11(24)25)13(19(27)28)22-17(26)14(29)18(22)32-16;/h1-2,5,7,16,18H,3-4,6H2,(H,21,23)(H,24,25)(H,27,28);/q;+1/p-1/t16?,18-;/m0./s1. The molecule has 2 atom stereocenters. The van der Waals surface area contributed by atoms with E-state index in [2.05, 4.69) is 10.3 Å². The monoisotopic (exact) mass is 531 g/mol. The van der Waals surface area contributed by atoms with Crippen LogP contribution in [0.2, 0.25) is 0 Å². The van der Waals surface area contributed by atoms with Gasteiger partial charge in [-0.1, -0.05) is 18.3 Å². The number of carbonyl (C=O) groups excluding carboxylic acids is 3. The SMILES string of the molecule is O=C(O)CCc1csc(C2=C(C(=O)[O-])N3C(=O)C(=S)[C@@H]3SC2NC(=O)Cc2cccs2)n1.[Na+]. The van der Waals surface area contributed by atoms with Gasteiger partial charge in [-0.2, -0.15) is 0 Å². The smallest absolute Gasteiger partial charge is 0.543 e. The summed E-state index contributed by atoms with van der Waals surface area (Å²) in [6.07, 6.45) is 0.145. The van der Waals surface area contributed by atoms with Crippen LogP contribution in [0.4, 0.5) is 0 Å². The zero-order chi connectivity index (χ0) is 23.0. The average Bonchev–Trinajstić information content (AvgIpc) is 3.42. The van der Waals surface area contributed by atoms with Crippen LogP contribution in [0.25, 0.3) is 5.57 Å². The van der Waals surface area contributed by atoms with E-state index in [0.29, 0.717) is 5.69 Å². The van der Waals surface area contributed by atoms with Crippen molar-refractivity contribution in [2.75, 3.05) is 0 Å². The second-order valence-corrected chi connectivity index (χ2v) is 10.3. The first-order valence-electron chi connectivity index (χ1n) is 9.23. The molecule has 2 aromatic rings. The van der Waals surface area contributed by atoms with E-state index in [-0.39, 0.29) is 75.9 Å². The molecule has 0 aliphatic carbocycles. The van der Waals surface area contributed by atoms with E-state index in [4.69, 9.17) is 17.3 Å². The summed E-state index contributed by atoms with van der Waals surface area (Å²) in [5, 5.41) is 26.0. The molecule has 1 unspecified atom stereocenters. The zero-order valence-electron chi connectivity index (χ0n) is 17.1. The third-order valence-corrected chi connectivity index (χ3v) is 8.37. The molecule has 0 spiro atoms. The predicted molar refractivity (Wildman–Crippen MR) is 121 cm³/mol. The number of aryl methyl sites for hydroxylation is 1. The van der Waals surface area contributed by atoms with Gasteiger partial charge in [0.05, 0.1) is 30.2 Å². The van der Waals surface area contributed by atoms with Crippen LogP contribution in [0.5, 0.6) is 0 Å². The topological polar surface area (TPSA) is 140 Å². The molecule has 0 radical (unpaired) electrons. The number of thiocarbonyl (C=S) groups is 1. The third kappa shape index (κ3) is 5.39. The Morgan fingerprint density at radius 2 is 2.06 bits per heavy atom. The molecular formula is C19H14N3NaO6S4. The summed E-state index contributed by atoms with van der Waals surface area (Å²) < 4.78 is 0. The number of carbonyl (C=O) groups is 4. The minimum Gasteiger partial charge on any atom is -0.543 e. The number of hydrogen-bond donors (Lipinski definition) is 2. The van der Waals surface area contributed by atoms with Crippen molar-refractivity contribution in [3.05, 3.63) is 44.2 Å². The molecule has 166 valence electrons. The maximum atomic E-state index is 12.7. The Hall–Kier alpha value is -1.61. The van der Waals surface area contributed by atoms with E-state index in [9.17, 15) is 24.3 Å². The number of fused-ring (bicyclic) bond motifs is 1. The number of carboxylic acids is 2. The summed E-state index contributed by atoms with van der Waals surface area (Å²) in [5.41, 5.74) is 0.222. The molecule has 14 heteroatoms. The summed E-state index contributed by atoms with van der Waals surface area (Å²) in [6, 6.07) is 3.64. The van der Waals surface area contributed by atoms with Crippen LogP contribution in [0.1, 0.15) is 22.0 Å². The number of carboxylic acid groups (broad SMARTS) is 2. The molecule has 0 aromatic carbocycles. The zero-order valence-corrected chi connectivity index (χ0v) is 22.4. The van der Waals surface area contributed by atoms with Gasteiger partial charge in [-0.15, -0.1) is 34.4 Å². The molecule has 4 rings (SSSR count). The molecule has 2 aliphatic heterocycles. The number of hydrogen-bond acceptors (Lipinski definition) is 10. The van der Waals surface area contributed by atoms with Crippen molar-refractivity contribution in [2.24, 2.45) is 0 Å². The van der Waals surface area contributed by atoms with Crippen LogP contribution in [0.3, 0.4) is 0 Å². The van der Waals surface area contributed by atoms with Crippen molar-refractivity contribution in [2.45, 2.75) is 30.0 Å². The summed E-state index contributed by atoms with van der Waals surface area (Å²) in [4.78, 5) is 54.2. The first kappa shape index (κ1) is 26.0. The Bertz CT molecular complexity index is 1160. The van der Waals surface area contributed by atoms with E-state index >= 15 is 0 Å². The Morgan fingerprint density at radius 1 is 1.30 bits per heavy atom. The van der Waals surface area contributed by atoms with Crippen molar-refractivity contribution in [3.63, 3.8) is 0 Å². The van der Waals surface area contributed by atoms with Gasteiger partial charge in [0.1, 0.15) is 20.6 Å². The molecular weight excluding hydrogens is 517 g/mol.